The molecule has 4 aliphatic rings. The van der Waals surface area contributed by atoms with Crippen molar-refractivity contribution >= 4 is 39.5 Å². The molecule has 0 radical (unpaired) electrons. The first kappa shape index (κ1) is 16.9. The minimum absolute atomic E-state index is 0.143. The van der Waals surface area contributed by atoms with Gasteiger partial charge in [-0.1, -0.05) is 26.8 Å². The number of carbonyl (C=O) groups is 1. The molecule has 27 heavy (non-hydrogen) atoms. The Hall–Kier alpha value is -2.21. The fourth-order valence-corrected chi connectivity index (χ4v) is 5.90. The smallest absolute Gasteiger partial charge is 0.276 e. The average molecular weight is 381 g/mol. The highest BCUT2D eigenvalue weighted by atomic mass is 32.1. The predicted molar refractivity (Wildman–Crippen MR) is 109 cm³/mol. The molecule has 1 aromatic heterocycles. The van der Waals surface area contributed by atoms with Crippen molar-refractivity contribution in [1.29, 1.82) is 0 Å². The lowest BCUT2D eigenvalue weighted by molar-refractivity contribution is -0.116. The van der Waals surface area contributed by atoms with E-state index in [4.69, 9.17) is 0 Å². The molecule has 140 valence electrons. The molecule has 0 saturated heterocycles. The summed E-state index contributed by atoms with van der Waals surface area (Å²) < 4.78 is 1.11. The fourth-order valence-electron chi connectivity index (χ4n) is 5.17. The van der Waals surface area contributed by atoms with Crippen molar-refractivity contribution in [2.45, 2.75) is 39.7 Å². The molecule has 1 aromatic carbocycles. The summed E-state index contributed by atoms with van der Waals surface area (Å²) in [5.41, 5.74) is 4.70. The fraction of sp³-hybridized carbons (Fsp3) is 0.476. The second-order valence-corrected chi connectivity index (χ2v) is 9.62. The van der Waals surface area contributed by atoms with E-state index in [2.05, 4.69) is 41.4 Å². The molecule has 3 aliphatic carbocycles. The van der Waals surface area contributed by atoms with Crippen LogP contribution in [0, 0.1) is 23.2 Å². The van der Waals surface area contributed by atoms with Crippen molar-refractivity contribution in [3.63, 3.8) is 0 Å². The van der Waals surface area contributed by atoms with E-state index in [-0.39, 0.29) is 5.91 Å². The summed E-state index contributed by atoms with van der Waals surface area (Å²) >= 11 is 1.60. The van der Waals surface area contributed by atoms with Gasteiger partial charge in [-0.25, -0.2) is 9.98 Å². The lowest BCUT2D eigenvalue weighted by atomic mass is 9.45. The summed E-state index contributed by atoms with van der Waals surface area (Å²) in [5.74, 6) is 2.57. The van der Waals surface area contributed by atoms with Crippen LogP contribution in [0.15, 0.2) is 34.4 Å². The Morgan fingerprint density at radius 3 is 2.96 bits per heavy atom. The first-order valence-electron chi connectivity index (χ1n) is 9.63. The average Bonchev–Trinajstić information content (AvgIpc) is 3.22. The number of benzene rings is 1. The Balaban J connectivity index is 1.34. The highest BCUT2D eigenvalue weighted by molar-refractivity contribution is 7.16. The van der Waals surface area contributed by atoms with Crippen LogP contribution >= 0.6 is 11.3 Å². The van der Waals surface area contributed by atoms with Gasteiger partial charge in [-0.3, -0.25) is 10.1 Å². The Kier molecular flexibility index (Phi) is 3.69. The van der Waals surface area contributed by atoms with Gasteiger partial charge in [-0.15, -0.1) is 11.3 Å². The van der Waals surface area contributed by atoms with Crippen molar-refractivity contribution in [3.8, 4) is 0 Å². The van der Waals surface area contributed by atoms with Crippen LogP contribution in [0.5, 0.6) is 0 Å². The summed E-state index contributed by atoms with van der Waals surface area (Å²) in [4.78, 5) is 21.2. The van der Waals surface area contributed by atoms with E-state index in [0.29, 0.717) is 29.0 Å². The number of hydrogen-bond acceptors (Lipinski definition) is 5. The first-order valence-corrected chi connectivity index (χ1v) is 10.5. The van der Waals surface area contributed by atoms with Gasteiger partial charge < -0.3 is 5.32 Å². The minimum Gasteiger partial charge on any atom is -0.353 e. The maximum atomic E-state index is 12.4. The summed E-state index contributed by atoms with van der Waals surface area (Å²) in [6.45, 7) is 7.13. The van der Waals surface area contributed by atoms with Crippen molar-refractivity contribution in [3.05, 3.63) is 35.0 Å². The zero-order valence-electron chi connectivity index (χ0n) is 15.8. The number of thiazole rings is 1. The van der Waals surface area contributed by atoms with E-state index in [1.807, 2.05) is 29.8 Å². The molecule has 3 saturated carbocycles. The van der Waals surface area contributed by atoms with Gasteiger partial charge in [0, 0.05) is 6.04 Å². The van der Waals surface area contributed by atoms with Gasteiger partial charge in [-0.05, 0) is 59.8 Å². The SMILES string of the molecule is C[C@@H]1[C@H]2C[C@@H](C[C@H]1NC1=N/C(=C\c3ccc4ncsc4c3)C(=O)N1)C2(C)C. The molecule has 0 spiro atoms. The highest BCUT2D eigenvalue weighted by Crippen LogP contribution is 2.61. The molecule has 0 unspecified atom stereocenters. The van der Waals surface area contributed by atoms with Crippen LogP contribution in [0.25, 0.3) is 16.3 Å². The lowest BCUT2D eigenvalue weighted by Gasteiger charge is -2.62. The van der Waals surface area contributed by atoms with Crippen molar-refractivity contribution in [2.24, 2.45) is 28.2 Å². The second-order valence-electron chi connectivity index (χ2n) is 8.73. The number of fused-ring (bicyclic) bond motifs is 3. The van der Waals surface area contributed by atoms with Crippen LogP contribution < -0.4 is 10.6 Å². The molecular formula is C21H24N4OS. The van der Waals surface area contributed by atoms with Gasteiger partial charge in [0.25, 0.3) is 5.91 Å². The monoisotopic (exact) mass is 380 g/mol. The standard InChI is InChI=1S/C21H24N4OS/c1-11-14-8-13(21(14,2)3)9-16(11)23-20-24-17(19(26)25-20)6-12-4-5-15-18(7-12)27-10-22-15/h4-7,10-11,13-14,16H,8-9H2,1-3H3,(H2,23,24,25,26)/b17-6-/t11-,13+,14-,16-/m1/s1. The van der Waals surface area contributed by atoms with E-state index in [9.17, 15) is 4.79 Å². The number of hydrogen-bond donors (Lipinski definition) is 2. The first-order chi connectivity index (χ1) is 12.9. The third-order valence-electron chi connectivity index (χ3n) is 7.03. The lowest BCUT2D eigenvalue weighted by Crippen LogP contribution is -2.61. The third-order valence-corrected chi connectivity index (χ3v) is 7.82. The largest absolute Gasteiger partial charge is 0.353 e. The molecular weight excluding hydrogens is 356 g/mol. The maximum absolute atomic E-state index is 12.4. The summed E-state index contributed by atoms with van der Waals surface area (Å²) in [6, 6.07) is 6.38. The quantitative estimate of drug-likeness (QED) is 0.779. The molecule has 2 bridgehead atoms. The van der Waals surface area contributed by atoms with Crippen LogP contribution in [0.2, 0.25) is 0 Å². The molecule has 1 amide bonds. The van der Waals surface area contributed by atoms with E-state index in [1.54, 1.807) is 11.3 Å². The zero-order valence-corrected chi connectivity index (χ0v) is 16.6. The number of guanidine groups is 1. The van der Waals surface area contributed by atoms with E-state index in [0.717, 1.165) is 34.0 Å². The Morgan fingerprint density at radius 1 is 1.33 bits per heavy atom. The van der Waals surface area contributed by atoms with Gasteiger partial charge in [0.15, 0.2) is 0 Å². The van der Waals surface area contributed by atoms with Gasteiger partial charge in [0.2, 0.25) is 5.96 Å². The molecule has 6 rings (SSSR count). The van der Waals surface area contributed by atoms with Gasteiger partial charge in [-0.2, -0.15) is 0 Å². The zero-order chi connectivity index (χ0) is 18.8. The van der Waals surface area contributed by atoms with Gasteiger partial charge >= 0.3 is 0 Å². The van der Waals surface area contributed by atoms with Gasteiger partial charge in [0.05, 0.1) is 15.7 Å². The van der Waals surface area contributed by atoms with Crippen LogP contribution in [-0.4, -0.2) is 22.9 Å². The number of nitrogens with zero attached hydrogens (tertiary/aromatic N) is 2. The molecule has 6 heteroatoms. The second kappa shape index (κ2) is 5.89. The molecule has 5 nitrogen and oxygen atoms in total. The summed E-state index contributed by atoms with van der Waals surface area (Å²) in [7, 11) is 0. The Morgan fingerprint density at radius 2 is 2.19 bits per heavy atom. The van der Waals surface area contributed by atoms with Crippen LogP contribution in [0.4, 0.5) is 0 Å². The van der Waals surface area contributed by atoms with Crippen LogP contribution in [-0.2, 0) is 4.79 Å². The van der Waals surface area contributed by atoms with E-state index >= 15 is 0 Å². The van der Waals surface area contributed by atoms with Crippen LogP contribution in [0.1, 0.15) is 39.2 Å². The van der Waals surface area contributed by atoms with E-state index in [1.165, 1.54) is 6.42 Å². The number of rotatable bonds is 2. The Labute approximate surface area is 163 Å². The molecule has 2 heterocycles. The van der Waals surface area contributed by atoms with Gasteiger partial charge in [0.1, 0.15) is 5.70 Å². The highest BCUT2D eigenvalue weighted by Gasteiger charge is 2.56. The number of aromatic nitrogens is 1. The van der Waals surface area contributed by atoms with E-state index < -0.39 is 0 Å². The molecule has 3 fully saturated rings. The number of nitrogens with one attached hydrogen (secondary N) is 2. The van der Waals surface area contributed by atoms with Crippen LogP contribution in [0.3, 0.4) is 0 Å². The molecule has 1 aliphatic heterocycles. The molecule has 2 N–H and O–H groups in total. The third kappa shape index (κ3) is 2.69. The van der Waals surface area contributed by atoms with Crippen molar-refractivity contribution < 1.29 is 4.79 Å². The predicted octanol–water partition coefficient (Wildman–Crippen LogP) is 3.78. The molecule has 4 atom stereocenters. The van der Waals surface area contributed by atoms with Crippen molar-refractivity contribution in [2.75, 3.05) is 0 Å². The van der Waals surface area contributed by atoms with Crippen molar-refractivity contribution in [1.82, 2.24) is 15.6 Å². The topological polar surface area (TPSA) is 66.4 Å². The minimum atomic E-state index is -0.143. The summed E-state index contributed by atoms with van der Waals surface area (Å²) in [5, 5.41) is 6.40. The number of carbonyl (C=O) groups excluding carboxylic acids is 1. The maximum Gasteiger partial charge on any atom is 0.276 e. The number of amides is 1. The Bertz CT molecular complexity index is 989. The summed E-state index contributed by atoms with van der Waals surface area (Å²) in [6.07, 6.45) is 4.34. The molecule has 2 aromatic rings. The number of aliphatic imine (C=N–C) groups is 1. The normalized spacial score (nSPS) is 32.9.